The fourth-order valence-corrected chi connectivity index (χ4v) is 3.15. The largest absolute Gasteiger partial charge is 0.481 e. The summed E-state index contributed by atoms with van der Waals surface area (Å²) in [6, 6.07) is 0. The van der Waals surface area contributed by atoms with Crippen molar-refractivity contribution < 1.29 is 27.9 Å². The molecule has 7 heteroatoms. The number of fused-ring (bicyclic) bond motifs is 2. The number of carboxylic acid groups (broad SMARTS) is 1. The van der Waals surface area contributed by atoms with E-state index < -0.39 is 42.9 Å². The monoisotopic (exact) mass is 291 g/mol. The summed E-state index contributed by atoms with van der Waals surface area (Å²) >= 11 is 0. The van der Waals surface area contributed by atoms with E-state index in [9.17, 15) is 27.9 Å². The first-order valence-corrected chi connectivity index (χ1v) is 6.43. The SMILES string of the molecule is CN(CCC(F)(F)F)C(=O)[C@H]1C2C=CC(C2)[C@H]1C(=O)O. The van der Waals surface area contributed by atoms with Crippen LogP contribution in [0.25, 0.3) is 0 Å². The van der Waals surface area contributed by atoms with E-state index >= 15 is 0 Å². The van der Waals surface area contributed by atoms with Gasteiger partial charge in [0.2, 0.25) is 5.91 Å². The van der Waals surface area contributed by atoms with Crippen LogP contribution in [0.4, 0.5) is 13.2 Å². The van der Waals surface area contributed by atoms with E-state index in [1.165, 1.54) is 7.05 Å². The highest BCUT2D eigenvalue weighted by atomic mass is 19.4. The van der Waals surface area contributed by atoms with Gasteiger partial charge in [-0.05, 0) is 18.3 Å². The average Bonchev–Trinajstić information content (AvgIpc) is 2.93. The summed E-state index contributed by atoms with van der Waals surface area (Å²) in [5, 5.41) is 9.21. The number of allylic oxidation sites excluding steroid dienone is 2. The Labute approximate surface area is 114 Å². The van der Waals surface area contributed by atoms with Crippen molar-refractivity contribution in [3.8, 4) is 0 Å². The van der Waals surface area contributed by atoms with Gasteiger partial charge in [-0.1, -0.05) is 12.2 Å². The van der Waals surface area contributed by atoms with Gasteiger partial charge in [0, 0.05) is 13.6 Å². The topological polar surface area (TPSA) is 57.6 Å². The highest BCUT2D eigenvalue weighted by molar-refractivity contribution is 5.86. The van der Waals surface area contributed by atoms with Crippen LogP contribution in [-0.4, -0.2) is 41.7 Å². The third kappa shape index (κ3) is 2.81. The van der Waals surface area contributed by atoms with Gasteiger partial charge in [0.1, 0.15) is 0 Å². The Hall–Kier alpha value is -1.53. The third-order valence-electron chi connectivity index (χ3n) is 4.14. The van der Waals surface area contributed by atoms with Gasteiger partial charge in [-0.15, -0.1) is 0 Å². The van der Waals surface area contributed by atoms with Crippen LogP contribution in [0.15, 0.2) is 12.2 Å². The molecule has 1 amide bonds. The van der Waals surface area contributed by atoms with Gasteiger partial charge >= 0.3 is 12.1 Å². The lowest BCUT2D eigenvalue weighted by molar-refractivity contribution is -0.154. The average molecular weight is 291 g/mol. The Morgan fingerprint density at radius 1 is 1.25 bits per heavy atom. The molecule has 20 heavy (non-hydrogen) atoms. The van der Waals surface area contributed by atoms with Crippen molar-refractivity contribution >= 4 is 11.9 Å². The molecule has 2 rings (SSSR count). The summed E-state index contributed by atoms with van der Waals surface area (Å²) in [6.45, 7) is -0.438. The molecule has 112 valence electrons. The molecule has 2 unspecified atom stereocenters. The van der Waals surface area contributed by atoms with Crippen LogP contribution < -0.4 is 0 Å². The predicted molar refractivity (Wildman–Crippen MR) is 63.7 cm³/mol. The van der Waals surface area contributed by atoms with E-state index in [-0.39, 0.29) is 11.8 Å². The summed E-state index contributed by atoms with van der Waals surface area (Å²) in [6.07, 6.45) is -1.20. The first-order valence-electron chi connectivity index (χ1n) is 6.43. The molecular weight excluding hydrogens is 275 g/mol. The number of carbonyl (C=O) groups excluding carboxylic acids is 1. The van der Waals surface area contributed by atoms with Crippen molar-refractivity contribution in [1.29, 1.82) is 0 Å². The number of halogens is 3. The summed E-state index contributed by atoms with van der Waals surface area (Å²) in [7, 11) is 1.29. The fraction of sp³-hybridized carbons (Fsp3) is 0.692. The Morgan fingerprint density at radius 3 is 2.30 bits per heavy atom. The van der Waals surface area contributed by atoms with E-state index in [1.807, 2.05) is 6.08 Å². The molecule has 2 aliphatic rings. The maximum atomic E-state index is 12.2. The number of hydrogen-bond donors (Lipinski definition) is 1. The second-order valence-electron chi connectivity index (χ2n) is 5.46. The number of nitrogens with zero attached hydrogens (tertiary/aromatic N) is 1. The predicted octanol–water partition coefficient (Wildman–Crippen LogP) is 1.92. The van der Waals surface area contributed by atoms with Crippen LogP contribution in [0.2, 0.25) is 0 Å². The molecule has 0 saturated heterocycles. The maximum absolute atomic E-state index is 12.2. The summed E-state index contributed by atoms with van der Waals surface area (Å²) in [4.78, 5) is 24.5. The zero-order valence-electron chi connectivity index (χ0n) is 10.9. The molecule has 4 nitrogen and oxygen atoms in total. The highest BCUT2D eigenvalue weighted by Gasteiger charge is 2.52. The number of hydrogen-bond acceptors (Lipinski definition) is 2. The Bertz CT molecular complexity index is 447. The van der Waals surface area contributed by atoms with Crippen LogP contribution in [0.5, 0.6) is 0 Å². The van der Waals surface area contributed by atoms with Gasteiger partial charge in [0.15, 0.2) is 0 Å². The number of amides is 1. The van der Waals surface area contributed by atoms with E-state index in [2.05, 4.69) is 0 Å². The first-order chi connectivity index (χ1) is 9.20. The zero-order valence-corrected chi connectivity index (χ0v) is 10.9. The molecule has 1 saturated carbocycles. The summed E-state index contributed by atoms with van der Waals surface area (Å²) in [5.41, 5.74) is 0. The van der Waals surface area contributed by atoms with Crippen molar-refractivity contribution in [3.63, 3.8) is 0 Å². The van der Waals surface area contributed by atoms with Crippen LogP contribution in [0.1, 0.15) is 12.8 Å². The first kappa shape index (κ1) is 14.9. The Morgan fingerprint density at radius 2 is 1.80 bits per heavy atom. The molecule has 0 heterocycles. The molecule has 0 aromatic carbocycles. The lowest BCUT2D eigenvalue weighted by Crippen LogP contribution is -2.42. The number of carbonyl (C=O) groups is 2. The molecule has 0 aromatic heterocycles. The van der Waals surface area contributed by atoms with Crippen LogP contribution in [-0.2, 0) is 9.59 Å². The van der Waals surface area contributed by atoms with Gasteiger partial charge < -0.3 is 10.0 Å². The van der Waals surface area contributed by atoms with Crippen molar-refractivity contribution in [2.24, 2.45) is 23.7 Å². The van der Waals surface area contributed by atoms with Crippen LogP contribution in [0, 0.1) is 23.7 Å². The normalized spacial score (nSPS) is 31.6. The van der Waals surface area contributed by atoms with Crippen LogP contribution >= 0.6 is 0 Å². The van der Waals surface area contributed by atoms with E-state index in [4.69, 9.17) is 0 Å². The Balaban J connectivity index is 2.04. The van der Waals surface area contributed by atoms with Crippen molar-refractivity contribution in [3.05, 3.63) is 12.2 Å². The smallest absolute Gasteiger partial charge is 0.390 e. The van der Waals surface area contributed by atoms with Crippen molar-refractivity contribution in [1.82, 2.24) is 4.90 Å². The molecule has 0 radical (unpaired) electrons. The fourth-order valence-electron chi connectivity index (χ4n) is 3.15. The van der Waals surface area contributed by atoms with Gasteiger partial charge in [-0.25, -0.2) is 0 Å². The zero-order chi connectivity index (χ0) is 15.1. The van der Waals surface area contributed by atoms with E-state index in [0.717, 1.165) is 4.90 Å². The number of rotatable bonds is 4. The third-order valence-corrected chi connectivity index (χ3v) is 4.14. The molecule has 2 bridgehead atoms. The van der Waals surface area contributed by atoms with Gasteiger partial charge in [0.25, 0.3) is 0 Å². The minimum absolute atomic E-state index is 0.165. The molecule has 1 fully saturated rings. The number of carboxylic acids is 1. The van der Waals surface area contributed by atoms with E-state index in [0.29, 0.717) is 6.42 Å². The highest BCUT2D eigenvalue weighted by Crippen LogP contribution is 2.48. The second-order valence-corrected chi connectivity index (χ2v) is 5.46. The number of alkyl halides is 3. The summed E-state index contributed by atoms with van der Waals surface area (Å²) in [5.74, 6) is -3.45. The minimum Gasteiger partial charge on any atom is -0.481 e. The van der Waals surface area contributed by atoms with Gasteiger partial charge in [-0.3, -0.25) is 9.59 Å². The summed E-state index contributed by atoms with van der Waals surface area (Å²) < 4.78 is 36.5. The molecule has 4 atom stereocenters. The quantitative estimate of drug-likeness (QED) is 0.805. The van der Waals surface area contributed by atoms with Crippen molar-refractivity contribution in [2.45, 2.75) is 19.0 Å². The van der Waals surface area contributed by atoms with Crippen LogP contribution in [0.3, 0.4) is 0 Å². The molecule has 1 N–H and O–H groups in total. The molecule has 0 aromatic rings. The van der Waals surface area contributed by atoms with Gasteiger partial charge in [-0.2, -0.15) is 13.2 Å². The van der Waals surface area contributed by atoms with E-state index in [1.54, 1.807) is 6.08 Å². The second kappa shape index (κ2) is 5.10. The molecule has 0 spiro atoms. The molecule has 0 aliphatic heterocycles. The van der Waals surface area contributed by atoms with Crippen molar-refractivity contribution in [2.75, 3.05) is 13.6 Å². The standard InChI is InChI=1S/C13H16F3NO3/c1-17(5-4-13(14,15)16)11(18)9-7-2-3-8(6-7)10(9)12(19)20/h2-3,7-10H,4-6H2,1H3,(H,19,20)/t7?,8?,9-,10+/m0/s1. The lowest BCUT2D eigenvalue weighted by atomic mass is 9.82. The van der Waals surface area contributed by atoms with Gasteiger partial charge in [0.05, 0.1) is 18.3 Å². The number of aliphatic carboxylic acids is 1. The molecule has 2 aliphatic carbocycles. The lowest BCUT2D eigenvalue weighted by Gasteiger charge is -2.28. The Kier molecular flexibility index (Phi) is 3.80. The molecular formula is C13H16F3NO3. The maximum Gasteiger partial charge on any atom is 0.390 e. The minimum atomic E-state index is -4.32.